The van der Waals surface area contributed by atoms with E-state index in [2.05, 4.69) is 17.4 Å². The van der Waals surface area contributed by atoms with E-state index in [-0.39, 0.29) is 17.9 Å². The van der Waals surface area contributed by atoms with Crippen LogP contribution in [0.1, 0.15) is 17.2 Å². The Balaban J connectivity index is 1.51. The minimum Gasteiger partial charge on any atom is -0.323 e. The Bertz CT molecular complexity index is 1020. The van der Waals surface area contributed by atoms with Crippen LogP contribution >= 0.6 is 11.6 Å². The highest BCUT2D eigenvalue weighted by atomic mass is 35.5. The van der Waals surface area contributed by atoms with Gasteiger partial charge in [0.25, 0.3) is 0 Å². The first kappa shape index (κ1) is 17.3. The molecule has 3 atom stereocenters. The first-order valence-corrected chi connectivity index (χ1v) is 9.74. The number of carbonyl (C=O) groups excluding carboxylic acids is 1. The Morgan fingerprint density at radius 3 is 2.50 bits per heavy atom. The molecule has 1 saturated heterocycles. The third-order valence-corrected chi connectivity index (χ3v) is 5.83. The van der Waals surface area contributed by atoms with E-state index in [1.807, 2.05) is 60.7 Å². The number of hydrogen-bond acceptors (Lipinski definition) is 3. The van der Waals surface area contributed by atoms with Crippen molar-refractivity contribution in [2.75, 3.05) is 10.4 Å². The predicted octanol–water partition coefficient (Wildman–Crippen LogP) is 5.01. The minimum atomic E-state index is -0.448. The molecule has 2 aliphatic rings. The van der Waals surface area contributed by atoms with Crippen LogP contribution in [0.4, 0.5) is 11.4 Å². The summed E-state index contributed by atoms with van der Waals surface area (Å²) in [5, 5.41) is 5.28. The maximum absolute atomic E-state index is 13.4. The van der Waals surface area contributed by atoms with Crippen LogP contribution in [0.5, 0.6) is 0 Å². The van der Waals surface area contributed by atoms with Gasteiger partial charge in [0.05, 0.1) is 16.4 Å². The number of nitrogens with one attached hydrogen (secondary N) is 1. The van der Waals surface area contributed by atoms with Crippen molar-refractivity contribution < 1.29 is 9.63 Å². The third-order valence-electron chi connectivity index (χ3n) is 5.50. The van der Waals surface area contributed by atoms with Crippen LogP contribution in [-0.4, -0.2) is 11.9 Å². The van der Waals surface area contributed by atoms with E-state index in [0.717, 1.165) is 12.1 Å². The van der Waals surface area contributed by atoms with E-state index in [1.54, 1.807) is 11.1 Å². The Kier molecular flexibility index (Phi) is 4.30. The molecule has 0 spiro atoms. The second-order valence-corrected chi connectivity index (χ2v) is 7.58. The zero-order valence-electron chi connectivity index (χ0n) is 15.1. The van der Waals surface area contributed by atoms with Gasteiger partial charge in [-0.15, -0.1) is 0 Å². The van der Waals surface area contributed by atoms with Gasteiger partial charge in [0, 0.05) is 5.92 Å². The number of benzene rings is 3. The van der Waals surface area contributed by atoms with Crippen molar-refractivity contribution in [3.05, 3.63) is 95.0 Å². The molecule has 4 nitrogen and oxygen atoms in total. The number of halogens is 1. The van der Waals surface area contributed by atoms with Crippen LogP contribution in [-0.2, 0) is 16.1 Å². The van der Waals surface area contributed by atoms with Gasteiger partial charge < -0.3 is 5.32 Å². The van der Waals surface area contributed by atoms with E-state index < -0.39 is 6.04 Å². The second kappa shape index (κ2) is 6.97. The molecule has 0 aromatic heterocycles. The number of anilines is 2. The van der Waals surface area contributed by atoms with Crippen LogP contribution in [0.3, 0.4) is 0 Å². The molecule has 3 aromatic rings. The highest BCUT2D eigenvalue weighted by Crippen LogP contribution is 2.48. The molecule has 1 heterocycles. The van der Waals surface area contributed by atoms with Crippen LogP contribution in [0, 0.1) is 5.92 Å². The lowest BCUT2D eigenvalue weighted by Crippen LogP contribution is -2.43. The van der Waals surface area contributed by atoms with Gasteiger partial charge in [0.1, 0.15) is 12.1 Å². The molecule has 0 bridgehead atoms. The zero-order chi connectivity index (χ0) is 19.1. The lowest BCUT2D eigenvalue weighted by Gasteiger charge is -2.26. The van der Waals surface area contributed by atoms with Crippen molar-refractivity contribution >= 4 is 28.9 Å². The molecule has 28 heavy (non-hydrogen) atoms. The van der Waals surface area contributed by atoms with Crippen molar-refractivity contribution in [3.63, 3.8) is 0 Å². The first-order valence-electron chi connectivity index (χ1n) is 9.36. The number of nitrogens with zero attached hydrogens (tertiary/aromatic N) is 1. The topological polar surface area (TPSA) is 41.6 Å². The molecule has 3 aromatic carbocycles. The molecule has 0 saturated carbocycles. The summed E-state index contributed by atoms with van der Waals surface area (Å²) in [5.41, 5.74) is 3.90. The van der Waals surface area contributed by atoms with Crippen LogP contribution < -0.4 is 10.4 Å². The second-order valence-electron chi connectivity index (χ2n) is 7.17. The van der Waals surface area contributed by atoms with Crippen LogP contribution in [0.15, 0.2) is 78.9 Å². The van der Waals surface area contributed by atoms with Gasteiger partial charge in [-0.1, -0.05) is 66.2 Å². The first-order chi connectivity index (χ1) is 13.7. The van der Waals surface area contributed by atoms with Gasteiger partial charge in [0.2, 0.25) is 5.91 Å². The number of carbonyl (C=O) groups is 1. The van der Waals surface area contributed by atoms with Gasteiger partial charge in [-0.05, 0) is 41.8 Å². The zero-order valence-corrected chi connectivity index (χ0v) is 15.8. The van der Waals surface area contributed by atoms with Gasteiger partial charge in [-0.2, -0.15) is 0 Å². The van der Waals surface area contributed by atoms with E-state index >= 15 is 0 Å². The Labute approximate surface area is 168 Å². The summed E-state index contributed by atoms with van der Waals surface area (Å²) in [6, 6.07) is 24.9. The number of rotatable bonds is 3. The molecule has 0 unspecified atom stereocenters. The molecule has 1 aliphatic heterocycles. The molecule has 1 N–H and O–H groups in total. The number of hydroxylamine groups is 1. The Hall–Kier alpha value is -2.82. The fraction of sp³-hybridized carbons (Fsp3) is 0.174. The average Bonchev–Trinajstić information content (AvgIpc) is 3.26. The van der Waals surface area contributed by atoms with E-state index in [4.69, 9.17) is 16.4 Å². The minimum absolute atomic E-state index is 0.0418. The van der Waals surface area contributed by atoms with Crippen molar-refractivity contribution in [2.24, 2.45) is 5.92 Å². The smallest absolute Gasteiger partial charge is 0.250 e. The molecular weight excluding hydrogens is 372 g/mol. The SMILES string of the molecule is O=C(Nc1ccccc1Cl)[C@@H]1[C@@H]2Cc3ccccc3[C@H]2ON1c1ccccc1. The highest BCUT2D eigenvalue weighted by Gasteiger charge is 2.51. The van der Waals surface area contributed by atoms with Gasteiger partial charge in [-0.3, -0.25) is 9.63 Å². The van der Waals surface area contributed by atoms with Crippen LogP contribution in [0.2, 0.25) is 5.02 Å². The largest absolute Gasteiger partial charge is 0.323 e. The summed E-state index contributed by atoms with van der Waals surface area (Å²) < 4.78 is 0. The standard InChI is InChI=1S/C23H19ClN2O2/c24-19-12-6-7-13-20(19)25-23(27)21-18-14-15-8-4-5-11-17(15)22(18)28-26(21)16-9-2-1-3-10-16/h1-13,18,21-22H,14H2,(H,25,27)/t18-,21-,22+/m0/s1. The molecule has 0 radical (unpaired) electrons. The average molecular weight is 391 g/mol. The molecule has 1 amide bonds. The van der Waals surface area contributed by atoms with Crippen molar-refractivity contribution in [1.82, 2.24) is 0 Å². The van der Waals surface area contributed by atoms with Crippen molar-refractivity contribution in [1.29, 1.82) is 0 Å². The molecule has 5 heteroatoms. The summed E-state index contributed by atoms with van der Waals surface area (Å²) >= 11 is 6.25. The van der Waals surface area contributed by atoms with Crippen molar-refractivity contribution in [2.45, 2.75) is 18.6 Å². The summed E-state index contributed by atoms with van der Waals surface area (Å²) in [4.78, 5) is 19.7. The van der Waals surface area contributed by atoms with E-state index in [0.29, 0.717) is 10.7 Å². The van der Waals surface area contributed by atoms with Crippen molar-refractivity contribution in [3.8, 4) is 0 Å². The maximum Gasteiger partial charge on any atom is 0.250 e. The summed E-state index contributed by atoms with van der Waals surface area (Å²) in [7, 11) is 0. The number of para-hydroxylation sites is 2. The molecule has 1 aliphatic carbocycles. The fourth-order valence-electron chi connectivity index (χ4n) is 4.23. The maximum atomic E-state index is 13.4. The molecular formula is C23H19ClN2O2. The van der Waals surface area contributed by atoms with Gasteiger partial charge >= 0.3 is 0 Å². The Morgan fingerprint density at radius 2 is 1.68 bits per heavy atom. The van der Waals surface area contributed by atoms with Gasteiger partial charge in [-0.25, -0.2) is 5.06 Å². The number of amides is 1. The van der Waals surface area contributed by atoms with Gasteiger partial charge in [0.15, 0.2) is 0 Å². The van der Waals surface area contributed by atoms with E-state index in [9.17, 15) is 4.79 Å². The summed E-state index contributed by atoms with van der Waals surface area (Å²) in [6.07, 6.45) is 0.684. The predicted molar refractivity (Wildman–Crippen MR) is 110 cm³/mol. The quantitative estimate of drug-likeness (QED) is 0.683. The lowest BCUT2D eigenvalue weighted by atomic mass is 9.94. The number of fused-ring (bicyclic) bond motifs is 3. The number of hydrogen-bond donors (Lipinski definition) is 1. The third kappa shape index (κ3) is 2.86. The van der Waals surface area contributed by atoms with Crippen LogP contribution in [0.25, 0.3) is 0 Å². The molecule has 140 valence electrons. The normalized spacial score (nSPS) is 22.6. The molecule has 5 rings (SSSR count). The van der Waals surface area contributed by atoms with E-state index in [1.165, 1.54) is 11.1 Å². The fourth-order valence-corrected chi connectivity index (χ4v) is 4.41. The monoisotopic (exact) mass is 390 g/mol. The Morgan fingerprint density at radius 1 is 0.964 bits per heavy atom. The summed E-state index contributed by atoms with van der Waals surface area (Å²) in [6.45, 7) is 0. The molecule has 1 fully saturated rings. The highest BCUT2D eigenvalue weighted by molar-refractivity contribution is 6.33. The summed E-state index contributed by atoms with van der Waals surface area (Å²) in [5.74, 6) is -0.0719. The lowest BCUT2D eigenvalue weighted by molar-refractivity contribution is -0.118.